The van der Waals surface area contributed by atoms with Crippen molar-refractivity contribution >= 4 is 12.1 Å². The van der Waals surface area contributed by atoms with Gasteiger partial charge in [-0.15, -0.1) is 0 Å². The van der Waals surface area contributed by atoms with Gasteiger partial charge >= 0.3 is 1.43 Å². The van der Waals surface area contributed by atoms with E-state index in [-0.39, 0.29) is 7.33 Å². The number of carbonyl (C=O) groups excluding carboxylic acids is 1. The summed E-state index contributed by atoms with van der Waals surface area (Å²) >= 11 is 0. The maximum atomic E-state index is 10.8. The van der Waals surface area contributed by atoms with Crippen LogP contribution in [-0.2, 0) is 0 Å². The van der Waals surface area contributed by atoms with Crippen LogP contribution in [0.3, 0.4) is 0 Å². The van der Waals surface area contributed by atoms with Crippen molar-refractivity contribution in [2.45, 2.75) is 0 Å². The summed E-state index contributed by atoms with van der Waals surface area (Å²) in [6, 6.07) is 3.60. The van der Waals surface area contributed by atoms with Crippen molar-refractivity contribution in [3.05, 3.63) is 29.6 Å². The summed E-state index contributed by atoms with van der Waals surface area (Å²) in [6.07, 6.45) is 3.12. The summed E-state index contributed by atoms with van der Waals surface area (Å²) in [5.74, 6) is -0.240. The monoisotopic (exact) mass is 133 g/mol. The van der Waals surface area contributed by atoms with E-state index in [1.54, 1.807) is 12.3 Å². The Hall–Kier alpha value is -1.51. The predicted molar refractivity (Wildman–Crippen MR) is 37.3 cm³/mol. The fourth-order valence-corrected chi connectivity index (χ4v) is 0.890. The van der Waals surface area contributed by atoms with Crippen molar-refractivity contribution in [2.24, 2.45) is 4.99 Å². The van der Waals surface area contributed by atoms with Crippen LogP contribution in [0.4, 0.5) is 0 Å². The van der Waals surface area contributed by atoms with Crippen molar-refractivity contribution in [3.8, 4) is 0 Å². The van der Waals surface area contributed by atoms with Gasteiger partial charge in [0.15, 0.2) is 0 Å². The van der Waals surface area contributed by atoms with Crippen LogP contribution in [0.1, 0.15) is 17.5 Å². The molecular weight excluding hydrogens is 128 g/mol. The van der Waals surface area contributed by atoms with Gasteiger partial charge in [-0.1, -0.05) is 0 Å². The maximum absolute atomic E-state index is 10.8. The van der Waals surface area contributed by atoms with Crippen LogP contribution < -0.4 is 0 Å². The van der Waals surface area contributed by atoms with Crippen LogP contribution in [0.25, 0.3) is 0 Å². The van der Waals surface area contributed by atoms with E-state index in [1.165, 1.54) is 6.21 Å². The topological polar surface area (TPSA) is 42.3 Å². The molecule has 0 saturated heterocycles. The van der Waals surface area contributed by atoms with E-state index in [1.807, 2.05) is 6.07 Å². The molecule has 48 valence electrons. The van der Waals surface area contributed by atoms with E-state index >= 15 is 0 Å². The van der Waals surface area contributed by atoms with Crippen molar-refractivity contribution in [2.75, 3.05) is 0 Å². The lowest BCUT2D eigenvalue weighted by Crippen LogP contribution is -1.94. The van der Waals surface area contributed by atoms with Gasteiger partial charge in [-0.05, 0) is 12.1 Å². The van der Waals surface area contributed by atoms with Crippen molar-refractivity contribution in [3.63, 3.8) is 0 Å². The summed E-state index contributed by atoms with van der Waals surface area (Å²) in [7, 11) is 0. The molecule has 2 rings (SSSR count). The predicted octanol–water partition coefficient (Wildman–Crippen LogP) is 0.767. The number of hydrogen-bond acceptors (Lipinski definition) is 2. The number of aliphatic imine (C=N–C) groups is 1. The van der Waals surface area contributed by atoms with Gasteiger partial charge in [0, 0.05) is 18.0 Å². The smallest absolute Gasteiger partial charge is 0.265 e. The van der Waals surface area contributed by atoms with Crippen LogP contribution in [0.5, 0.6) is 0 Å². The molecule has 10 heavy (non-hydrogen) atoms. The molecule has 0 spiro atoms. The molecule has 1 aliphatic rings. The average molecular weight is 133 g/mol. The molecule has 0 bridgehead atoms. The van der Waals surface area contributed by atoms with Crippen molar-refractivity contribution in [1.29, 1.82) is 0 Å². The van der Waals surface area contributed by atoms with Gasteiger partial charge in [0.25, 0.3) is 5.91 Å². The van der Waals surface area contributed by atoms with Gasteiger partial charge in [0.1, 0.15) is 5.69 Å². The van der Waals surface area contributed by atoms with E-state index in [0.717, 1.165) is 5.56 Å². The van der Waals surface area contributed by atoms with E-state index in [0.29, 0.717) is 5.69 Å². The Morgan fingerprint density at radius 1 is 1.50 bits per heavy atom. The normalized spacial score (nSPS) is 13.8. The third-order valence-electron chi connectivity index (χ3n) is 1.36. The largest absolute Gasteiger partial charge is 1.00 e. The average Bonchev–Trinajstić information content (AvgIpc) is 2.34. The highest BCUT2D eigenvalue weighted by molar-refractivity contribution is 6.11. The summed E-state index contributed by atoms with van der Waals surface area (Å²) in [6.45, 7) is 0. The second kappa shape index (κ2) is 1.73. The highest BCUT2D eigenvalue weighted by Crippen LogP contribution is 2.09. The lowest BCUT2D eigenvalue weighted by atomic mass is 10.2. The third kappa shape index (κ3) is 0.572. The molecule has 0 aliphatic carbocycles. The zero-order valence-corrected chi connectivity index (χ0v) is 5.11. The minimum atomic E-state index is -0.240. The number of carbonyl (C=O) groups is 1. The third-order valence-corrected chi connectivity index (χ3v) is 1.36. The molecule has 1 aliphatic heterocycles. The minimum Gasteiger partial charge on any atom is -0.265 e. The lowest BCUT2D eigenvalue weighted by molar-refractivity contribution is 0.100. The number of amides is 1. The van der Waals surface area contributed by atoms with Gasteiger partial charge in [0.2, 0.25) is 0 Å². The fraction of sp³-hybridized carbons (Fsp3) is 0. The van der Waals surface area contributed by atoms with Crippen molar-refractivity contribution in [1.82, 2.24) is 4.98 Å². The Balaban J connectivity index is 0.000000605. The first-order chi connectivity index (χ1) is 4.88. The second-order valence-electron chi connectivity index (χ2n) is 2.00. The number of hydrogen-bond donors (Lipinski definition) is 0. The number of nitrogens with zero attached hydrogens (tertiary/aromatic N) is 2. The van der Waals surface area contributed by atoms with Crippen LogP contribution in [-0.4, -0.2) is 17.1 Å². The Kier molecular flexibility index (Phi) is 0.917. The highest BCUT2D eigenvalue weighted by atomic mass is 16.1. The molecule has 0 aromatic carbocycles. The van der Waals surface area contributed by atoms with Crippen LogP contribution in [0.15, 0.2) is 23.3 Å². The second-order valence-corrected chi connectivity index (χ2v) is 2.00. The molecule has 0 fully saturated rings. The molecule has 3 heteroatoms. The zero-order valence-electron chi connectivity index (χ0n) is 6.11. The first-order valence-electron chi connectivity index (χ1n) is 2.91. The first kappa shape index (κ1) is 5.29. The van der Waals surface area contributed by atoms with Crippen LogP contribution >= 0.6 is 0 Å². The molecular formula is C7H5N2O+. The molecule has 1 aromatic rings. The van der Waals surface area contributed by atoms with Gasteiger partial charge in [0.05, 0.1) is 0 Å². The molecule has 1 aromatic heterocycles. The first-order valence-corrected chi connectivity index (χ1v) is 2.91. The standard InChI is InChI=1S/C7H4N2O/c10-7-6-5(4-9-7)2-1-3-8-6/h1-4H/p+1. The Morgan fingerprint density at radius 2 is 2.40 bits per heavy atom. The number of pyridine rings is 1. The molecule has 1 amide bonds. The number of fused-ring (bicyclic) bond motifs is 1. The van der Waals surface area contributed by atoms with Crippen molar-refractivity contribution < 1.29 is 6.22 Å². The molecule has 2 heterocycles. The van der Waals surface area contributed by atoms with Crippen LogP contribution in [0, 0.1) is 0 Å². The van der Waals surface area contributed by atoms with E-state index in [9.17, 15) is 4.79 Å². The SMILES string of the molecule is O=C1N=Cc2cccnc21.[H+]. The summed E-state index contributed by atoms with van der Waals surface area (Å²) < 4.78 is 0. The molecule has 0 saturated carbocycles. The molecule has 0 atom stereocenters. The van der Waals surface area contributed by atoms with Gasteiger partial charge < -0.3 is 0 Å². The van der Waals surface area contributed by atoms with E-state index < -0.39 is 0 Å². The number of rotatable bonds is 0. The summed E-state index contributed by atoms with van der Waals surface area (Å²) in [4.78, 5) is 18.2. The number of aromatic nitrogens is 1. The zero-order chi connectivity index (χ0) is 6.97. The summed E-state index contributed by atoms with van der Waals surface area (Å²) in [5.41, 5.74) is 1.27. The quantitative estimate of drug-likeness (QED) is 0.524. The van der Waals surface area contributed by atoms with E-state index in [2.05, 4.69) is 9.98 Å². The Bertz CT molecular complexity index is 322. The van der Waals surface area contributed by atoms with Gasteiger partial charge in [-0.2, -0.15) is 0 Å². The highest BCUT2D eigenvalue weighted by Gasteiger charge is 2.14. The minimum absolute atomic E-state index is 0. The fourth-order valence-electron chi connectivity index (χ4n) is 0.890. The summed E-state index contributed by atoms with van der Waals surface area (Å²) in [5, 5.41) is 0. The molecule has 3 nitrogen and oxygen atoms in total. The molecule has 0 N–H and O–H groups in total. The van der Waals surface area contributed by atoms with Gasteiger partial charge in [-0.25, -0.2) is 4.99 Å². The van der Waals surface area contributed by atoms with Gasteiger partial charge in [-0.3, -0.25) is 9.78 Å². The Labute approximate surface area is 58.9 Å². The molecule has 0 radical (unpaired) electrons. The molecule has 0 unspecified atom stereocenters. The maximum Gasteiger partial charge on any atom is 1.00 e. The van der Waals surface area contributed by atoms with Crippen LogP contribution in [0.2, 0.25) is 0 Å². The lowest BCUT2D eigenvalue weighted by Gasteiger charge is -1.88. The van der Waals surface area contributed by atoms with E-state index in [4.69, 9.17) is 0 Å². The Morgan fingerprint density at radius 3 is 3.20 bits per heavy atom.